The van der Waals surface area contributed by atoms with Gasteiger partial charge in [-0.25, -0.2) is 8.78 Å². The summed E-state index contributed by atoms with van der Waals surface area (Å²) in [6, 6.07) is 8.51. The van der Waals surface area contributed by atoms with E-state index in [2.05, 4.69) is 0 Å². The van der Waals surface area contributed by atoms with Gasteiger partial charge in [0.25, 0.3) is 17.7 Å². The monoisotopic (exact) mass is 606 g/mol. The molecular formula is C34H36F2N2O6. The van der Waals surface area contributed by atoms with E-state index in [-0.39, 0.29) is 35.3 Å². The normalized spacial score (nSPS) is 33.0. The number of piperidine rings is 1. The van der Waals surface area contributed by atoms with Crippen molar-refractivity contribution in [2.24, 2.45) is 11.3 Å². The Morgan fingerprint density at radius 2 is 1.73 bits per heavy atom. The molecule has 232 valence electrons. The highest BCUT2D eigenvalue weighted by Gasteiger charge is 2.85. The zero-order valence-corrected chi connectivity index (χ0v) is 25.3. The van der Waals surface area contributed by atoms with E-state index in [1.54, 1.807) is 51.1 Å². The number of hydrogen-bond donors (Lipinski definition) is 0. The number of benzene rings is 2. The van der Waals surface area contributed by atoms with E-state index in [1.165, 1.54) is 7.11 Å². The second kappa shape index (κ2) is 8.80. The van der Waals surface area contributed by atoms with E-state index in [0.29, 0.717) is 30.2 Å². The van der Waals surface area contributed by atoms with Crippen LogP contribution in [0.1, 0.15) is 78.3 Å². The fourth-order valence-corrected chi connectivity index (χ4v) is 8.91. The van der Waals surface area contributed by atoms with Crippen LogP contribution in [-0.2, 0) is 21.4 Å². The van der Waals surface area contributed by atoms with Gasteiger partial charge in [0.2, 0.25) is 0 Å². The number of fused-ring (bicyclic) bond motifs is 1. The number of carbonyl (C=O) groups excluding carboxylic acids is 3. The van der Waals surface area contributed by atoms with E-state index in [0.717, 1.165) is 17.7 Å². The molecule has 2 amide bonds. The Balaban J connectivity index is 1.38. The van der Waals surface area contributed by atoms with Crippen LogP contribution in [0.2, 0.25) is 0 Å². The van der Waals surface area contributed by atoms with Crippen LogP contribution in [0.4, 0.5) is 8.78 Å². The minimum Gasteiger partial charge on any atom is -0.493 e. The Morgan fingerprint density at radius 1 is 1.05 bits per heavy atom. The molecule has 0 aromatic heterocycles. The molecule has 0 N–H and O–H groups in total. The molecule has 8 nitrogen and oxygen atoms in total. The van der Waals surface area contributed by atoms with Crippen molar-refractivity contribution >= 4 is 17.8 Å². The molecule has 6 aliphatic rings. The standard InChI is InChI=1S/C34H36F2N2O6/c1-31(2,3)30(41)44-32-14-13-22(38-28(39)20-7-5-6-8-21(20)29(38)40)27-34(32)25-19(11-12-23(42-4)26(25)43-27)15-24(32)37(16-18-9-10-18)17-33(34,35)36/h5-8,11-12,18,22,24,27H,9-10,13-17H2,1-4H3/t22-,24-,27+,32-,34-/m1/s1. The molecule has 2 saturated carbocycles. The third kappa shape index (κ3) is 3.32. The first kappa shape index (κ1) is 28.0. The maximum atomic E-state index is 17.7. The van der Waals surface area contributed by atoms with Crippen LogP contribution < -0.4 is 9.47 Å². The summed E-state index contributed by atoms with van der Waals surface area (Å²) < 4.78 is 54.2. The van der Waals surface area contributed by atoms with Gasteiger partial charge in [-0.3, -0.25) is 24.2 Å². The molecular weight excluding hydrogens is 570 g/mol. The number of carbonyl (C=O) groups is 3. The molecule has 3 heterocycles. The number of likely N-dealkylation sites (tertiary alicyclic amines) is 1. The molecule has 2 aromatic carbocycles. The highest BCUT2D eigenvalue weighted by molar-refractivity contribution is 6.21. The smallest absolute Gasteiger partial charge is 0.311 e. The number of methoxy groups -OCH3 is 1. The van der Waals surface area contributed by atoms with Crippen LogP contribution in [0, 0.1) is 11.3 Å². The second-order valence-electron chi connectivity index (χ2n) is 14.4. The molecule has 3 fully saturated rings. The van der Waals surface area contributed by atoms with E-state index in [9.17, 15) is 14.4 Å². The Hall–Kier alpha value is -3.53. The van der Waals surface area contributed by atoms with Gasteiger partial charge in [0.15, 0.2) is 11.5 Å². The lowest BCUT2D eigenvalue weighted by atomic mass is 9.46. The average Bonchev–Trinajstić information content (AvgIpc) is 3.65. The molecule has 0 unspecified atom stereocenters. The maximum Gasteiger partial charge on any atom is 0.311 e. The molecule has 5 atom stereocenters. The molecule has 44 heavy (non-hydrogen) atoms. The molecule has 2 bridgehead atoms. The van der Waals surface area contributed by atoms with Crippen molar-refractivity contribution < 1.29 is 37.4 Å². The highest BCUT2D eigenvalue weighted by atomic mass is 19.3. The first-order valence-electron chi connectivity index (χ1n) is 15.5. The van der Waals surface area contributed by atoms with Gasteiger partial charge in [0, 0.05) is 12.1 Å². The number of amides is 2. The quantitative estimate of drug-likeness (QED) is 0.358. The minimum absolute atomic E-state index is 0.0459. The maximum absolute atomic E-state index is 17.7. The summed E-state index contributed by atoms with van der Waals surface area (Å²) >= 11 is 0. The lowest BCUT2D eigenvalue weighted by Crippen LogP contribution is -2.85. The van der Waals surface area contributed by atoms with Crippen molar-refractivity contribution in [1.82, 2.24) is 9.80 Å². The third-order valence-electron chi connectivity index (χ3n) is 10.9. The first-order chi connectivity index (χ1) is 20.9. The summed E-state index contributed by atoms with van der Waals surface area (Å²) in [7, 11) is 1.46. The van der Waals surface area contributed by atoms with Gasteiger partial charge >= 0.3 is 5.97 Å². The largest absolute Gasteiger partial charge is 0.493 e. The summed E-state index contributed by atoms with van der Waals surface area (Å²) in [6.07, 6.45) is 1.20. The van der Waals surface area contributed by atoms with Crippen LogP contribution in [-0.4, -0.2) is 77.5 Å². The van der Waals surface area contributed by atoms with Crippen molar-refractivity contribution in [1.29, 1.82) is 0 Å². The Labute approximate surface area is 254 Å². The second-order valence-corrected chi connectivity index (χ2v) is 14.4. The van der Waals surface area contributed by atoms with Gasteiger partial charge in [-0.2, -0.15) is 0 Å². The van der Waals surface area contributed by atoms with Gasteiger partial charge in [-0.1, -0.05) is 18.2 Å². The molecule has 3 aliphatic carbocycles. The van der Waals surface area contributed by atoms with Crippen LogP contribution in [0.3, 0.4) is 0 Å². The van der Waals surface area contributed by atoms with Gasteiger partial charge in [0.1, 0.15) is 17.1 Å². The number of ether oxygens (including phenoxy) is 3. The summed E-state index contributed by atoms with van der Waals surface area (Å²) in [5, 5.41) is 0. The number of halogens is 2. The molecule has 1 spiro atoms. The van der Waals surface area contributed by atoms with Crippen LogP contribution in [0.5, 0.6) is 11.5 Å². The van der Waals surface area contributed by atoms with Crippen LogP contribution in [0.25, 0.3) is 0 Å². The number of imide groups is 1. The van der Waals surface area contributed by atoms with Crippen LogP contribution >= 0.6 is 0 Å². The Bertz CT molecular complexity index is 1600. The predicted octanol–water partition coefficient (Wildman–Crippen LogP) is 4.77. The molecule has 2 aromatic rings. The summed E-state index contributed by atoms with van der Waals surface area (Å²) in [5.41, 5.74) is -3.31. The van der Waals surface area contributed by atoms with Crippen molar-refractivity contribution in [3.05, 3.63) is 58.7 Å². The van der Waals surface area contributed by atoms with Crippen molar-refractivity contribution in [2.75, 3.05) is 20.2 Å². The summed E-state index contributed by atoms with van der Waals surface area (Å²) in [6.45, 7) is 5.12. The average molecular weight is 607 g/mol. The molecule has 1 saturated heterocycles. The summed E-state index contributed by atoms with van der Waals surface area (Å²) in [5.74, 6) is -4.27. The van der Waals surface area contributed by atoms with Gasteiger partial charge in [-0.05, 0) is 82.6 Å². The third-order valence-corrected chi connectivity index (χ3v) is 10.9. The van der Waals surface area contributed by atoms with Crippen molar-refractivity contribution in [3.8, 4) is 11.5 Å². The topological polar surface area (TPSA) is 85.4 Å². The predicted molar refractivity (Wildman–Crippen MR) is 154 cm³/mol. The number of rotatable bonds is 5. The molecule has 10 heteroatoms. The Morgan fingerprint density at radius 3 is 2.34 bits per heavy atom. The minimum atomic E-state index is -3.45. The van der Waals surface area contributed by atoms with Crippen molar-refractivity contribution in [2.45, 2.75) is 88.0 Å². The molecule has 3 aliphatic heterocycles. The van der Waals surface area contributed by atoms with E-state index in [1.807, 2.05) is 11.0 Å². The van der Waals surface area contributed by atoms with E-state index < -0.39 is 64.9 Å². The lowest BCUT2D eigenvalue weighted by molar-refractivity contribution is -0.295. The van der Waals surface area contributed by atoms with Crippen molar-refractivity contribution in [3.63, 3.8) is 0 Å². The van der Waals surface area contributed by atoms with E-state index >= 15 is 8.78 Å². The van der Waals surface area contributed by atoms with Gasteiger partial charge < -0.3 is 14.2 Å². The molecule has 0 radical (unpaired) electrons. The fourth-order valence-electron chi connectivity index (χ4n) is 8.91. The first-order valence-corrected chi connectivity index (χ1v) is 15.5. The zero-order valence-electron chi connectivity index (χ0n) is 25.3. The molecule has 8 rings (SSSR count). The SMILES string of the molecule is COc1ccc2c3c1O[C@H]1[C@H](N4C(=O)c5ccccc5C4=O)CC[C@@]4(OC(=O)C(C)(C)C)[C@@H](C2)N(CC2CC2)CC(F)(F)[C@]314. The Kier molecular flexibility index (Phi) is 5.60. The van der Waals surface area contributed by atoms with Crippen LogP contribution in [0.15, 0.2) is 36.4 Å². The fraction of sp³-hybridized carbons (Fsp3) is 0.559. The lowest BCUT2D eigenvalue weighted by Gasteiger charge is -2.67. The number of esters is 1. The van der Waals surface area contributed by atoms with Gasteiger partial charge in [0.05, 0.1) is 42.3 Å². The number of alkyl halides is 2. The van der Waals surface area contributed by atoms with E-state index in [4.69, 9.17) is 14.2 Å². The number of hydrogen-bond acceptors (Lipinski definition) is 7. The van der Waals surface area contributed by atoms with Gasteiger partial charge in [-0.15, -0.1) is 0 Å². The summed E-state index contributed by atoms with van der Waals surface area (Å²) in [4.78, 5) is 44.4. The number of nitrogens with zero attached hydrogens (tertiary/aromatic N) is 2. The highest BCUT2D eigenvalue weighted by Crippen LogP contribution is 2.71. The zero-order chi connectivity index (χ0) is 31.0.